The van der Waals surface area contributed by atoms with Crippen molar-refractivity contribution in [2.24, 2.45) is 0 Å². The number of hydrogen-bond acceptors (Lipinski definition) is 1. The molecule has 0 aromatic rings. The lowest BCUT2D eigenvalue weighted by atomic mass is 10.4. The van der Waals surface area contributed by atoms with Gasteiger partial charge >= 0.3 is 0 Å². The molecule has 0 unspecified atom stereocenters. The van der Waals surface area contributed by atoms with Gasteiger partial charge in [0.2, 0.25) is 0 Å². The van der Waals surface area contributed by atoms with Gasteiger partial charge in [-0.3, -0.25) is 0 Å². The zero-order valence-corrected chi connectivity index (χ0v) is 4.50. The van der Waals surface area contributed by atoms with Crippen LogP contribution in [0.2, 0.25) is 0 Å². The highest BCUT2D eigenvalue weighted by atomic mass is 32.1. The zero-order valence-electron chi connectivity index (χ0n) is 3.68. The Morgan fingerprint density at radius 1 is 1.33 bits per heavy atom. The van der Waals surface area contributed by atoms with Crippen molar-refractivity contribution in [3.05, 3.63) is 0 Å². The Morgan fingerprint density at radius 3 is 2.17 bits per heavy atom. The highest BCUT2D eigenvalue weighted by Gasteiger charge is 1.77. The Morgan fingerprint density at radius 2 is 2.00 bits per heavy atom. The molecule has 1 nitrogen and oxygen atoms in total. The first kappa shape index (κ1) is 6.31. The standard InChI is InChI=1S/C4H9OS/c5-3-1-2-4-6/h5H,1-4H2. The molecule has 0 aliphatic rings. The molecular formula is C4H9OS. The molecule has 0 saturated heterocycles. The summed E-state index contributed by atoms with van der Waals surface area (Å²) in [6.45, 7) is 0.288. The van der Waals surface area contributed by atoms with Gasteiger partial charge in [-0.2, -0.15) is 0 Å². The minimum absolute atomic E-state index is 0.288. The highest BCUT2D eigenvalue weighted by Crippen LogP contribution is 1.87. The third-order valence-corrected chi connectivity index (χ3v) is 0.841. The maximum absolute atomic E-state index is 8.15. The van der Waals surface area contributed by atoms with Crippen LogP contribution in [-0.2, 0) is 0 Å². The number of hydrogen-bond donors (Lipinski definition) is 1. The quantitative estimate of drug-likeness (QED) is 0.530. The van der Waals surface area contributed by atoms with Gasteiger partial charge < -0.3 is 5.11 Å². The lowest BCUT2D eigenvalue weighted by Gasteiger charge is -1.84. The van der Waals surface area contributed by atoms with E-state index in [1.807, 2.05) is 0 Å². The van der Waals surface area contributed by atoms with Crippen LogP contribution in [0.1, 0.15) is 12.8 Å². The maximum Gasteiger partial charge on any atom is 0.0431 e. The van der Waals surface area contributed by atoms with Crippen LogP contribution >= 0.6 is 12.6 Å². The molecule has 0 fully saturated rings. The van der Waals surface area contributed by atoms with Crippen LogP contribution in [-0.4, -0.2) is 17.5 Å². The summed E-state index contributed by atoms with van der Waals surface area (Å²) in [5.74, 6) is 0.778. The summed E-state index contributed by atoms with van der Waals surface area (Å²) < 4.78 is 0. The van der Waals surface area contributed by atoms with Gasteiger partial charge in [-0.25, -0.2) is 0 Å². The molecule has 0 atom stereocenters. The van der Waals surface area contributed by atoms with Gasteiger partial charge in [0, 0.05) is 12.4 Å². The van der Waals surface area contributed by atoms with E-state index < -0.39 is 0 Å². The van der Waals surface area contributed by atoms with E-state index in [0.29, 0.717) is 0 Å². The van der Waals surface area contributed by atoms with E-state index in [0.717, 1.165) is 18.6 Å². The molecule has 0 aliphatic heterocycles. The Balaban J connectivity index is 2.34. The van der Waals surface area contributed by atoms with Crippen LogP contribution in [0.5, 0.6) is 0 Å². The number of aliphatic hydroxyl groups is 1. The average Bonchev–Trinajstić information content (AvgIpc) is 1.61. The molecule has 0 rings (SSSR count). The third kappa shape index (κ3) is 4.31. The van der Waals surface area contributed by atoms with Crippen molar-refractivity contribution in [3.8, 4) is 0 Å². The average molecular weight is 105 g/mol. The second-order valence-corrected chi connectivity index (χ2v) is 1.54. The third-order valence-electron chi connectivity index (χ3n) is 0.552. The number of rotatable bonds is 3. The van der Waals surface area contributed by atoms with Crippen LogP contribution < -0.4 is 0 Å². The lowest BCUT2D eigenvalue weighted by molar-refractivity contribution is 0.287. The van der Waals surface area contributed by atoms with Crippen LogP contribution in [0.3, 0.4) is 0 Å². The lowest BCUT2D eigenvalue weighted by Crippen LogP contribution is -1.81. The van der Waals surface area contributed by atoms with Crippen LogP contribution in [0.4, 0.5) is 0 Å². The van der Waals surface area contributed by atoms with Gasteiger partial charge in [0.1, 0.15) is 0 Å². The van der Waals surface area contributed by atoms with Gasteiger partial charge in [-0.1, -0.05) is 12.6 Å². The Labute approximate surface area is 43.8 Å². The van der Waals surface area contributed by atoms with Gasteiger partial charge in [0.15, 0.2) is 0 Å². The molecule has 0 aromatic heterocycles. The minimum atomic E-state index is 0.288. The van der Waals surface area contributed by atoms with Crippen molar-refractivity contribution in [2.75, 3.05) is 12.4 Å². The molecule has 1 radical (unpaired) electrons. The molecule has 0 aromatic carbocycles. The molecule has 6 heavy (non-hydrogen) atoms. The summed E-state index contributed by atoms with van der Waals surface area (Å²) in [5.41, 5.74) is 0. The van der Waals surface area contributed by atoms with Gasteiger partial charge in [0.25, 0.3) is 0 Å². The van der Waals surface area contributed by atoms with Crippen molar-refractivity contribution >= 4 is 12.6 Å². The van der Waals surface area contributed by atoms with Gasteiger partial charge in [-0.15, -0.1) is 0 Å². The maximum atomic E-state index is 8.15. The van der Waals surface area contributed by atoms with Crippen LogP contribution in [0.25, 0.3) is 0 Å². The minimum Gasteiger partial charge on any atom is -0.396 e. The summed E-state index contributed by atoms with van der Waals surface area (Å²) in [6.07, 6.45) is 1.84. The second kappa shape index (κ2) is 5.31. The van der Waals surface area contributed by atoms with Crippen LogP contribution in [0.15, 0.2) is 0 Å². The van der Waals surface area contributed by atoms with E-state index in [-0.39, 0.29) is 6.61 Å². The fourth-order valence-corrected chi connectivity index (χ4v) is 0.418. The zero-order chi connectivity index (χ0) is 4.83. The Hall–Kier alpha value is 0.310. The number of unbranched alkanes of at least 4 members (excludes halogenated alkanes) is 1. The predicted octanol–water partition coefficient (Wildman–Crippen LogP) is 0.956. The highest BCUT2D eigenvalue weighted by molar-refractivity contribution is 7.80. The summed E-state index contributed by atoms with van der Waals surface area (Å²) in [6, 6.07) is 0. The summed E-state index contributed by atoms with van der Waals surface area (Å²) >= 11 is 4.61. The van der Waals surface area contributed by atoms with Crippen molar-refractivity contribution in [1.29, 1.82) is 0 Å². The van der Waals surface area contributed by atoms with E-state index in [1.165, 1.54) is 0 Å². The molecule has 1 N–H and O–H groups in total. The van der Waals surface area contributed by atoms with Crippen molar-refractivity contribution < 1.29 is 5.11 Å². The van der Waals surface area contributed by atoms with Crippen molar-refractivity contribution in [1.82, 2.24) is 0 Å². The summed E-state index contributed by atoms with van der Waals surface area (Å²) in [7, 11) is 0. The van der Waals surface area contributed by atoms with Crippen molar-refractivity contribution in [3.63, 3.8) is 0 Å². The Kier molecular flexibility index (Phi) is 5.58. The molecule has 0 bridgehead atoms. The summed E-state index contributed by atoms with van der Waals surface area (Å²) in [4.78, 5) is 0. The topological polar surface area (TPSA) is 20.2 Å². The van der Waals surface area contributed by atoms with E-state index in [9.17, 15) is 0 Å². The van der Waals surface area contributed by atoms with E-state index in [2.05, 4.69) is 12.6 Å². The molecule has 2 heteroatoms. The van der Waals surface area contributed by atoms with Crippen molar-refractivity contribution in [2.45, 2.75) is 12.8 Å². The van der Waals surface area contributed by atoms with Crippen LogP contribution in [0, 0.1) is 0 Å². The first-order valence-electron chi connectivity index (χ1n) is 2.10. The molecule has 0 amide bonds. The molecule has 0 spiro atoms. The normalized spacial score (nSPS) is 9.00. The fraction of sp³-hybridized carbons (Fsp3) is 1.00. The Bertz CT molecular complexity index is 19.5. The first-order chi connectivity index (χ1) is 2.91. The van der Waals surface area contributed by atoms with Gasteiger partial charge in [0.05, 0.1) is 0 Å². The first-order valence-corrected chi connectivity index (χ1v) is 2.68. The van der Waals surface area contributed by atoms with Gasteiger partial charge in [-0.05, 0) is 12.8 Å². The molecule has 0 saturated carbocycles. The molecular weight excluding hydrogens is 96.1 g/mol. The smallest absolute Gasteiger partial charge is 0.0431 e. The second-order valence-electron chi connectivity index (χ2n) is 1.13. The molecule has 0 aliphatic carbocycles. The van der Waals surface area contributed by atoms with E-state index >= 15 is 0 Å². The molecule has 37 valence electrons. The monoisotopic (exact) mass is 105 g/mol. The molecule has 0 heterocycles. The largest absolute Gasteiger partial charge is 0.396 e. The predicted molar refractivity (Wildman–Crippen MR) is 28.8 cm³/mol. The van der Waals surface area contributed by atoms with E-state index in [4.69, 9.17) is 5.11 Å². The SMILES string of the molecule is OCCCC[S]. The number of aliphatic hydroxyl groups excluding tert-OH is 1. The van der Waals surface area contributed by atoms with E-state index in [1.54, 1.807) is 0 Å². The summed E-state index contributed by atoms with van der Waals surface area (Å²) in [5, 5.41) is 8.15. The fourth-order valence-electron chi connectivity index (χ4n) is 0.214.